The highest BCUT2D eigenvalue weighted by molar-refractivity contribution is 6.16. The summed E-state index contributed by atoms with van der Waals surface area (Å²) in [6.45, 7) is 0. The van der Waals surface area contributed by atoms with E-state index in [1.807, 2.05) is 42.5 Å². The minimum absolute atomic E-state index is 0.0223. The molecular weight excluding hydrogens is 1030 g/mol. The van der Waals surface area contributed by atoms with Crippen molar-refractivity contribution in [3.63, 3.8) is 0 Å². The molecule has 0 amide bonds. The van der Waals surface area contributed by atoms with Crippen molar-refractivity contribution in [1.29, 1.82) is 0 Å². The molecule has 0 aliphatic heterocycles. The zero-order chi connectivity index (χ0) is 56.1. The third kappa shape index (κ3) is 8.62. The second-order valence-corrected chi connectivity index (χ2v) is 22.1. The molecule has 15 rings (SSSR count). The van der Waals surface area contributed by atoms with Crippen molar-refractivity contribution < 1.29 is 13.2 Å². The standard InChI is InChI=1S/C79H56F2N2O/c80-61-37-41-63(42-38-61)82(72-47-35-57(53-21-7-1-8-22-53)49-68(72)55-25-11-3-12-26-55)65-45-46-66-70(51-65)79(59-29-15-5-16-30-59,60-31-17-6-18-32-60)71-52-74(77-67-33-19-20-34-75(67)84-78(77)76(66)71)83(64-43-39-62(81)40-44-64)73-48-36-58(54-23-9-2-10-24-54)50-69(73)56-27-13-4-14-28-56/h1-31,33-52,60,66,70H,32H2. The molecule has 1 aromatic heterocycles. The third-order valence-electron chi connectivity index (χ3n) is 17.5. The maximum atomic E-state index is 15.4. The lowest BCUT2D eigenvalue weighted by atomic mass is 9.58. The van der Waals surface area contributed by atoms with Crippen LogP contribution < -0.4 is 9.80 Å². The first-order valence-corrected chi connectivity index (χ1v) is 28.9. The van der Waals surface area contributed by atoms with Crippen LogP contribution in [0.3, 0.4) is 0 Å². The van der Waals surface area contributed by atoms with Gasteiger partial charge in [-0.3, -0.25) is 0 Å². The molecule has 402 valence electrons. The van der Waals surface area contributed by atoms with Crippen LogP contribution in [0.5, 0.6) is 0 Å². The Morgan fingerprint density at radius 3 is 1.51 bits per heavy atom. The van der Waals surface area contributed by atoms with Gasteiger partial charge in [-0.2, -0.15) is 0 Å². The zero-order valence-corrected chi connectivity index (χ0v) is 45.9. The number of anilines is 5. The lowest BCUT2D eigenvalue weighted by molar-refractivity contribution is 0.299. The highest BCUT2D eigenvalue weighted by atomic mass is 19.1. The van der Waals surface area contributed by atoms with Crippen molar-refractivity contribution in [3.05, 3.63) is 343 Å². The second-order valence-electron chi connectivity index (χ2n) is 22.1. The number of halogens is 2. The van der Waals surface area contributed by atoms with Crippen LogP contribution in [0.2, 0.25) is 0 Å². The van der Waals surface area contributed by atoms with E-state index in [0.29, 0.717) is 0 Å². The van der Waals surface area contributed by atoms with Gasteiger partial charge in [-0.05, 0) is 148 Å². The summed E-state index contributed by atoms with van der Waals surface area (Å²) >= 11 is 0. The number of hydrogen-bond acceptors (Lipinski definition) is 3. The monoisotopic (exact) mass is 1090 g/mol. The minimum Gasteiger partial charge on any atom is -0.456 e. The Hall–Kier alpha value is -10.4. The van der Waals surface area contributed by atoms with E-state index in [-0.39, 0.29) is 29.4 Å². The van der Waals surface area contributed by atoms with Gasteiger partial charge >= 0.3 is 0 Å². The van der Waals surface area contributed by atoms with Crippen LogP contribution in [-0.2, 0) is 5.41 Å². The molecule has 5 heteroatoms. The largest absolute Gasteiger partial charge is 0.456 e. The molecule has 4 atom stereocenters. The smallest absolute Gasteiger partial charge is 0.141 e. The van der Waals surface area contributed by atoms with Crippen molar-refractivity contribution in [2.75, 3.05) is 9.80 Å². The molecule has 4 unspecified atom stereocenters. The number of benzene rings is 11. The minimum atomic E-state index is -0.706. The number of furan rings is 1. The summed E-state index contributed by atoms with van der Waals surface area (Å²) in [5, 5.41) is 1.96. The highest BCUT2D eigenvalue weighted by Gasteiger charge is 2.57. The fraction of sp³-hybridized carbons (Fsp3) is 0.0633. The summed E-state index contributed by atoms with van der Waals surface area (Å²) in [5.74, 6) is -0.978. The van der Waals surface area contributed by atoms with Gasteiger partial charge in [0.25, 0.3) is 0 Å². The molecule has 0 spiro atoms. The van der Waals surface area contributed by atoms with Gasteiger partial charge in [0.2, 0.25) is 0 Å². The summed E-state index contributed by atoms with van der Waals surface area (Å²) in [6.07, 6.45) is 17.1. The van der Waals surface area contributed by atoms with E-state index in [9.17, 15) is 0 Å². The Morgan fingerprint density at radius 1 is 0.440 bits per heavy atom. The molecule has 3 aliphatic rings. The molecule has 1 heterocycles. The Kier molecular flexibility index (Phi) is 12.8. The fourth-order valence-electron chi connectivity index (χ4n) is 13.9. The fourth-order valence-corrected chi connectivity index (χ4v) is 13.9. The SMILES string of the molecule is Fc1ccc(N(C2=CC3C(C=C2)c2c(cc(N(c4ccc(F)cc4)c4ccc(-c5ccccc5)cc4-c4ccccc4)c4c2oc2ccccc24)C3(c2ccccc2)C2C=CC=CC2)c2ccc(-c3ccccc3)cc2-c2ccccc2)cc1. The van der Waals surface area contributed by atoms with Gasteiger partial charge in [0.15, 0.2) is 0 Å². The number of rotatable bonds is 12. The van der Waals surface area contributed by atoms with Crippen molar-refractivity contribution in [2.24, 2.45) is 11.8 Å². The van der Waals surface area contributed by atoms with Crippen LogP contribution in [-0.4, -0.2) is 0 Å². The maximum absolute atomic E-state index is 15.4. The topological polar surface area (TPSA) is 19.6 Å². The van der Waals surface area contributed by atoms with Crippen molar-refractivity contribution in [3.8, 4) is 44.5 Å². The maximum Gasteiger partial charge on any atom is 0.141 e. The molecule has 0 bridgehead atoms. The van der Waals surface area contributed by atoms with Crippen LogP contribution in [0, 0.1) is 23.5 Å². The first-order valence-electron chi connectivity index (χ1n) is 28.9. The summed E-state index contributed by atoms with van der Waals surface area (Å²) in [7, 11) is 0. The first-order chi connectivity index (χ1) is 41.5. The first kappa shape index (κ1) is 50.6. The van der Waals surface area contributed by atoms with Crippen LogP contribution in [0.4, 0.5) is 37.2 Å². The predicted molar refractivity (Wildman–Crippen MR) is 342 cm³/mol. The van der Waals surface area contributed by atoms with Gasteiger partial charge in [-0.15, -0.1) is 0 Å². The highest BCUT2D eigenvalue weighted by Crippen LogP contribution is 2.65. The van der Waals surface area contributed by atoms with E-state index < -0.39 is 5.41 Å². The van der Waals surface area contributed by atoms with Gasteiger partial charge in [-0.25, -0.2) is 8.78 Å². The third-order valence-corrected chi connectivity index (χ3v) is 17.5. The van der Waals surface area contributed by atoms with Gasteiger partial charge in [0, 0.05) is 56.4 Å². The van der Waals surface area contributed by atoms with Crippen molar-refractivity contribution >= 4 is 50.4 Å². The van der Waals surface area contributed by atoms with E-state index in [1.165, 1.54) is 5.56 Å². The van der Waals surface area contributed by atoms with Crippen LogP contribution in [0.1, 0.15) is 29.0 Å². The molecule has 12 aromatic rings. The quantitative estimate of drug-likeness (QED) is 0.122. The summed E-state index contributed by atoms with van der Waals surface area (Å²) in [4.78, 5) is 4.66. The Balaban J connectivity index is 1.03. The molecule has 11 aromatic carbocycles. The number of allylic oxidation sites excluding steroid dienone is 7. The molecule has 3 nitrogen and oxygen atoms in total. The average Bonchev–Trinajstić information content (AvgIpc) is 1.61. The number of fused-ring (bicyclic) bond motifs is 7. The molecule has 0 saturated heterocycles. The van der Waals surface area contributed by atoms with Crippen LogP contribution in [0.15, 0.2) is 320 Å². The molecular formula is C79H56F2N2O. The molecule has 0 radical (unpaired) electrons. The van der Waals surface area contributed by atoms with Gasteiger partial charge in [0.05, 0.1) is 22.4 Å². The summed E-state index contributed by atoms with van der Waals surface area (Å²) < 4.78 is 38.1. The lowest BCUT2D eigenvalue weighted by Gasteiger charge is -2.45. The molecule has 0 fully saturated rings. The van der Waals surface area contributed by atoms with Crippen LogP contribution in [0.25, 0.3) is 66.4 Å². The van der Waals surface area contributed by atoms with Gasteiger partial charge in [-0.1, -0.05) is 218 Å². The summed E-state index contributed by atoms with van der Waals surface area (Å²) in [5.41, 5.74) is 18.4. The normalized spacial score (nSPS) is 17.7. The van der Waals surface area contributed by atoms with E-state index in [1.54, 1.807) is 24.3 Å². The predicted octanol–water partition coefficient (Wildman–Crippen LogP) is 21.4. The second kappa shape index (κ2) is 21.2. The van der Waals surface area contributed by atoms with Crippen LogP contribution >= 0.6 is 0 Å². The molecule has 0 N–H and O–H groups in total. The van der Waals surface area contributed by atoms with E-state index >= 15 is 8.78 Å². The van der Waals surface area contributed by atoms with Gasteiger partial charge < -0.3 is 14.2 Å². The zero-order valence-electron chi connectivity index (χ0n) is 45.9. The van der Waals surface area contributed by atoms with Gasteiger partial charge in [0.1, 0.15) is 22.8 Å². The molecule has 0 saturated carbocycles. The molecule has 3 aliphatic carbocycles. The molecule has 84 heavy (non-hydrogen) atoms. The summed E-state index contributed by atoms with van der Waals surface area (Å²) in [6, 6.07) is 91.3. The average molecular weight is 1090 g/mol. The Morgan fingerprint density at radius 2 is 0.952 bits per heavy atom. The number of nitrogens with zero attached hydrogens (tertiary/aromatic N) is 2. The van der Waals surface area contributed by atoms with E-state index in [2.05, 4.69) is 253 Å². The lowest BCUT2D eigenvalue weighted by Crippen LogP contribution is -2.41. The van der Waals surface area contributed by atoms with E-state index in [4.69, 9.17) is 4.42 Å². The number of hydrogen-bond donors (Lipinski definition) is 0. The van der Waals surface area contributed by atoms with Crippen molar-refractivity contribution in [1.82, 2.24) is 0 Å². The Labute approximate surface area is 488 Å². The number of para-hydroxylation sites is 1. The van der Waals surface area contributed by atoms with Crippen molar-refractivity contribution in [2.45, 2.75) is 17.8 Å². The van der Waals surface area contributed by atoms with E-state index in [0.717, 1.165) is 118 Å². The Bertz CT molecular complexity index is 4530.